The molecule has 0 amide bonds. The van der Waals surface area contributed by atoms with Crippen LogP contribution in [0.25, 0.3) is 0 Å². The largest absolute Gasteiger partial charge is 0.383 e. The van der Waals surface area contributed by atoms with Crippen molar-refractivity contribution in [2.24, 2.45) is 0 Å². The van der Waals surface area contributed by atoms with Gasteiger partial charge in [0.2, 0.25) is 0 Å². The summed E-state index contributed by atoms with van der Waals surface area (Å²) < 4.78 is 0. The Morgan fingerprint density at radius 2 is 1.64 bits per heavy atom. The summed E-state index contributed by atoms with van der Waals surface area (Å²) in [4.78, 5) is 11.2. The van der Waals surface area contributed by atoms with Crippen LogP contribution < -0.4 is 0 Å². The van der Waals surface area contributed by atoms with Gasteiger partial charge in [0, 0.05) is 0 Å². The van der Waals surface area contributed by atoms with E-state index in [1.807, 2.05) is 0 Å². The van der Waals surface area contributed by atoms with Crippen molar-refractivity contribution in [2.45, 2.75) is 45.3 Å². The van der Waals surface area contributed by atoms with Crippen molar-refractivity contribution in [3.8, 4) is 0 Å². The van der Waals surface area contributed by atoms with Crippen LogP contribution in [0, 0.1) is 0 Å². The molecule has 1 atom stereocenters. The predicted molar refractivity (Wildman–Crippen MR) is 42.2 cm³/mol. The van der Waals surface area contributed by atoms with E-state index in [1.165, 1.54) is 20.8 Å². The van der Waals surface area contributed by atoms with Gasteiger partial charge in [0.25, 0.3) is 0 Å². The van der Waals surface area contributed by atoms with Gasteiger partial charge in [-0.25, -0.2) is 0 Å². The predicted octanol–water partition coefficient (Wildman–Crippen LogP) is 0.487. The lowest BCUT2D eigenvalue weighted by molar-refractivity contribution is -0.152. The molecule has 3 nitrogen and oxygen atoms in total. The minimum absolute atomic E-state index is 0.315. The fraction of sp³-hybridized carbons (Fsp3) is 0.875. The van der Waals surface area contributed by atoms with Crippen LogP contribution in [0.1, 0.15) is 34.1 Å². The zero-order valence-corrected chi connectivity index (χ0v) is 7.51. The van der Waals surface area contributed by atoms with E-state index in [0.717, 1.165) is 0 Å². The van der Waals surface area contributed by atoms with Crippen molar-refractivity contribution < 1.29 is 15.0 Å². The molecular weight excluding hydrogens is 144 g/mol. The molecule has 0 fully saturated rings. The smallest absolute Gasteiger partial charge is 0.194 e. The van der Waals surface area contributed by atoms with Crippen molar-refractivity contribution in [2.75, 3.05) is 0 Å². The molecule has 0 bridgehead atoms. The van der Waals surface area contributed by atoms with E-state index in [0.29, 0.717) is 6.42 Å². The highest BCUT2D eigenvalue weighted by Crippen LogP contribution is 2.18. The Morgan fingerprint density at radius 3 is 1.73 bits per heavy atom. The quantitative estimate of drug-likeness (QED) is 0.631. The lowest BCUT2D eigenvalue weighted by Gasteiger charge is -2.27. The number of hydrogen-bond donors (Lipinski definition) is 2. The summed E-state index contributed by atoms with van der Waals surface area (Å²) in [5.74, 6) is -0.535. The number of hydrogen-bond acceptors (Lipinski definition) is 3. The zero-order chi connectivity index (χ0) is 9.28. The van der Waals surface area contributed by atoms with Crippen LogP contribution in [0.2, 0.25) is 0 Å². The van der Waals surface area contributed by atoms with Crippen LogP contribution in [0.4, 0.5) is 0 Å². The Bertz CT molecular complexity index is 153. The van der Waals surface area contributed by atoms with Crippen molar-refractivity contribution in [1.82, 2.24) is 0 Å². The number of ketones is 1. The Hall–Kier alpha value is -0.410. The second-order valence-electron chi connectivity index (χ2n) is 3.52. The van der Waals surface area contributed by atoms with E-state index < -0.39 is 17.0 Å². The summed E-state index contributed by atoms with van der Waals surface area (Å²) in [6.45, 7) is 5.86. The second-order valence-corrected chi connectivity index (χ2v) is 3.52. The molecule has 0 aliphatic carbocycles. The molecule has 0 saturated carbocycles. The molecule has 0 aliphatic heterocycles. The van der Waals surface area contributed by atoms with Gasteiger partial charge in [0.15, 0.2) is 5.78 Å². The van der Waals surface area contributed by atoms with Crippen LogP contribution in [-0.2, 0) is 4.79 Å². The molecule has 3 heteroatoms. The van der Waals surface area contributed by atoms with E-state index in [9.17, 15) is 15.0 Å². The molecule has 0 aromatic carbocycles. The molecular formula is C8H16O3. The monoisotopic (exact) mass is 160 g/mol. The van der Waals surface area contributed by atoms with Crippen molar-refractivity contribution >= 4 is 5.78 Å². The third-order valence-corrected chi connectivity index (χ3v) is 1.73. The van der Waals surface area contributed by atoms with E-state index in [-0.39, 0.29) is 0 Å². The highest BCUT2D eigenvalue weighted by atomic mass is 16.3. The zero-order valence-electron chi connectivity index (χ0n) is 7.51. The first-order valence-corrected chi connectivity index (χ1v) is 3.71. The molecule has 11 heavy (non-hydrogen) atoms. The van der Waals surface area contributed by atoms with Gasteiger partial charge < -0.3 is 10.2 Å². The Kier molecular flexibility index (Phi) is 2.80. The van der Waals surface area contributed by atoms with Gasteiger partial charge in [-0.05, 0) is 27.2 Å². The average molecular weight is 160 g/mol. The summed E-state index contributed by atoms with van der Waals surface area (Å²) in [6, 6.07) is 0. The summed E-state index contributed by atoms with van der Waals surface area (Å²) in [5, 5.41) is 18.7. The van der Waals surface area contributed by atoms with Crippen molar-refractivity contribution in [3.63, 3.8) is 0 Å². The van der Waals surface area contributed by atoms with E-state index in [1.54, 1.807) is 6.92 Å². The highest BCUT2D eigenvalue weighted by Gasteiger charge is 2.38. The molecule has 0 radical (unpaired) electrons. The molecule has 2 N–H and O–H groups in total. The van der Waals surface area contributed by atoms with E-state index >= 15 is 0 Å². The molecule has 0 heterocycles. The maximum absolute atomic E-state index is 11.2. The maximum atomic E-state index is 11.2. The summed E-state index contributed by atoms with van der Waals surface area (Å²) >= 11 is 0. The van der Waals surface area contributed by atoms with Crippen LogP contribution in [0.3, 0.4) is 0 Å². The van der Waals surface area contributed by atoms with Gasteiger partial charge in [0.1, 0.15) is 11.2 Å². The molecule has 1 unspecified atom stereocenters. The molecule has 0 aliphatic rings. The number of carbonyl (C=O) groups is 1. The third-order valence-electron chi connectivity index (χ3n) is 1.73. The minimum atomic E-state index is -1.44. The van der Waals surface area contributed by atoms with Gasteiger partial charge in [-0.2, -0.15) is 0 Å². The van der Waals surface area contributed by atoms with Gasteiger partial charge in [0.05, 0.1) is 0 Å². The summed E-state index contributed by atoms with van der Waals surface area (Å²) in [6.07, 6.45) is 0.315. The second kappa shape index (κ2) is 2.91. The highest BCUT2D eigenvalue weighted by molar-refractivity contribution is 5.93. The fourth-order valence-electron chi connectivity index (χ4n) is 0.820. The number of Topliss-reactive ketones (excluding diaryl/α,β-unsaturated/α-hetero) is 1. The van der Waals surface area contributed by atoms with E-state index in [2.05, 4.69) is 0 Å². The Labute approximate surface area is 67.0 Å². The van der Waals surface area contributed by atoms with Gasteiger partial charge in [-0.3, -0.25) is 4.79 Å². The molecule has 66 valence electrons. The third kappa shape index (κ3) is 2.60. The van der Waals surface area contributed by atoms with Gasteiger partial charge in [-0.15, -0.1) is 0 Å². The molecule has 0 aromatic rings. The minimum Gasteiger partial charge on any atom is -0.383 e. The number of aliphatic hydroxyl groups is 2. The normalized spacial score (nSPS) is 17.6. The topological polar surface area (TPSA) is 57.5 Å². The lowest BCUT2D eigenvalue weighted by Crippen LogP contribution is -2.47. The maximum Gasteiger partial charge on any atom is 0.194 e. The summed E-state index contributed by atoms with van der Waals surface area (Å²) in [7, 11) is 0. The molecule has 0 aromatic heterocycles. The molecule has 0 saturated heterocycles. The average Bonchev–Trinajstić information content (AvgIpc) is 1.84. The van der Waals surface area contributed by atoms with Crippen LogP contribution in [0.5, 0.6) is 0 Å². The number of carbonyl (C=O) groups excluding carboxylic acids is 1. The number of rotatable bonds is 3. The SMILES string of the molecule is CCC(C)(O)C(=O)C(C)(C)O. The standard InChI is InChI=1S/C8H16O3/c1-5-8(4,11)6(9)7(2,3)10/h10-11H,5H2,1-4H3. The molecule has 0 spiro atoms. The first-order chi connectivity index (χ1) is 4.72. The van der Waals surface area contributed by atoms with Gasteiger partial charge >= 0.3 is 0 Å². The Balaban J connectivity index is 4.50. The fourth-order valence-corrected chi connectivity index (χ4v) is 0.820. The first-order valence-electron chi connectivity index (χ1n) is 3.71. The van der Waals surface area contributed by atoms with Crippen molar-refractivity contribution in [3.05, 3.63) is 0 Å². The first kappa shape index (κ1) is 10.6. The van der Waals surface area contributed by atoms with Gasteiger partial charge in [-0.1, -0.05) is 6.92 Å². The van der Waals surface area contributed by atoms with Crippen LogP contribution in [-0.4, -0.2) is 27.2 Å². The molecule has 0 rings (SSSR count). The van der Waals surface area contributed by atoms with Crippen LogP contribution >= 0.6 is 0 Å². The summed E-state index contributed by atoms with van der Waals surface area (Å²) in [5.41, 5.74) is -2.85. The van der Waals surface area contributed by atoms with Crippen LogP contribution in [0.15, 0.2) is 0 Å². The lowest BCUT2D eigenvalue weighted by atomic mass is 9.87. The van der Waals surface area contributed by atoms with E-state index in [4.69, 9.17) is 0 Å². The Morgan fingerprint density at radius 1 is 1.27 bits per heavy atom. The van der Waals surface area contributed by atoms with Crippen molar-refractivity contribution in [1.29, 1.82) is 0 Å².